The Labute approximate surface area is 116 Å². The van der Waals surface area contributed by atoms with Gasteiger partial charge >= 0.3 is 0 Å². The molecule has 1 aromatic carbocycles. The molecule has 0 saturated heterocycles. The largest absolute Gasteiger partial charge is 0.352 e. The number of halogens is 1. The van der Waals surface area contributed by atoms with Crippen molar-refractivity contribution in [3.8, 4) is 0 Å². The first-order chi connectivity index (χ1) is 8.56. The van der Waals surface area contributed by atoms with Crippen LogP contribution in [0.2, 0.25) is 0 Å². The van der Waals surface area contributed by atoms with Crippen molar-refractivity contribution in [1.82, 2.24) is 5.32 Å². The lowest BCUT2D eigenvalue weighted by atomic mass is 10.1. The van der Waals surface area contributed by atoms with Crippen LogP contribution in [0.15, 0.2) is 22.7 Å². The number of carbonyl (C=O) groups is 1. The van der Waals surface area contributed by atoms with Crippen molar-refractivity contribution in [2.45, 2.75) is 38.8 Å². The predicted molar refractivity (Wildman–Crippen MR) is 76.0 cm³/mol. The summed E-state index contributed by atoms with van der Waals surface area (Å²) in [4.78, 5) is 12.0. The molecule has 2 atom stereocenters. The van der Waals surface area contributed by atoms with Crippen LogP contribution in [0.25, 0.3) is 0 Å². The molecule has 0 radical (unpaired) electrons. The van der Waals surface area contributed by atoms with Crippen molar-refractivity contribution >= 4 is 21.8 Å². The fourth-order valence-corrected chi connectivity index (χ4v) is 2.91. The van der Waals surface area contributed by atoms with Crippen molar-refractivity contribution in [2.24, 2.45) is 11.7 Å². The van der Waals surface area contributed by atoms with Gasteiger partial charge in [0, 0.05) is 23.0 Å². The van der Waals surface area contributed by atoms with Crippen molar-refractivity contribution in [3.63, 3.8) is 0 Å². The van der Waals surface area contributed by atoms with E-state index in [2.05, 4.69) is 34.2 Å². The van der Waals surface area contributed by atoms with Crippen LogP contribution in [0.3, 0.4) is 0 Å². The molecule has 1 saturated carbocycles. The molecule has 0 bridgehead atoms. The maximum atomic E-state index is 12.0. The molecule has 1 aliphatic carbocycles. The smallest absolute Gasteiger partial charge is 0.223 e. The van der Waals surface area contributed by atoms with Gasteiger partial charge in [-0.15, -0.1) is 0 Å². The topological polar surface area (TPSA) is 55.1 Å². The highest BCUT2D eigenvalue weighted by Gasteiger charge is 2.27. The van der Waals surface area contributed by atoms with Crippen LogP contribution in [0.1, 0.15) is 30.4 Å². The average Bonchev–Trinajstić information content (AvgIpc) is 2.74. The van der Waals surface area contributed by atoms with Crippen LogP contribution in [-0.2, 0) is 11.3 Å². The fourth-order valence-electron chi connectivity index (χ4n) is 2.44. The fraction of sp³-hybridized carbons (Fsp3) is 0.500. The summed E-state index contributed by atoms with van der Waals surface area (Å²) in [5.41, 5.74) is 8.17. The van der Waals surface area contributed by atoms with E-state index in [9.17, 15) is 4.79 Å². The molecule has 1 aliphatic rings. The number of amides is 1. The molecule has 0 spiro atoms. The monoisotopic (exact) mass is 310 g/mol. The van der Waals surface area contributed by atoms with Gasteiger partial charge in [0.25, 0.3) is 0 Å². The average molecular weight is 311 g/mol. The molecule has 0 heterocycles. The van der Waals surface area contributed by atoms with E-state index in [-0.39, 0.29) is 17.9 Å². The van der Waals surface area contributed by atoms with Crippen LogP contribution in [0, 0.1) is 12.8 Å². The van der Waals surface area contributed by atoms with Gasteiger partial charge in [0.1, 0.15) is 0 Å². The summed E-state index contributed by atoms with van der Waals surface area (Å²) in [5.74, 6) is 0.251. The van der Waals surface area contributed by atoms with Gasteiger partial charge in [0.2, 0.25) is 5.91 Å². The third-order valence-electron chi connectivity index (χ3n) is 3.60. The van der Waals surface area contributed by atoms with E-state index < -0.39 is 0 Å². The lowest BCUT2D eigenvalue weighted by Gasteiger charge is -2.12. The summed E-state index contributed by atoms with van der Waals surface area (Å²) in [7, 11) is 0. The molecular formula is C14H19BrN2O. The Bertz CT molecular complexity index is 447. The van der Waals surface area contributed by atoms with Crippen LogP contribution in [0.4, 0.5) is 0 Å². The Kier molecular flexibility index (Phi) is 4.40. The van der Waals surface area contributed by atoms with Gasteiger partial charge in [-0.2, -0.15) is 0 Å². The minimum Gasteiger partial charge on any atom is -0.352 e. The second-order valence-electron chi connectivity index (χ2n) is 5.06. The van der Waals surface area contributed by atoms with E-state index in [1.54, 1.807) is 0 Å². The number of hydrogen-bond acceptors (Lipinski definition) is 2. The van der Waals surface area contributed by atoms with Gasteiger partial charge in [-0.1, -0.05) is 22.0 Å². The van der Waals surface area contributed by atoms with Gasteiger partial charge < -0.3 is 11.1 Å². The first-order valence-corrected chi connectivity index (χ1v) is 7.14. The van der Waals surface area contributed by atoms with Gasteiger partial charge in [-0.3, -0.25) is 4.79 Å². The highest BCUT2D eigenvalue weighted by molar-refractivity contribution is 9.10. The second kappa shape index (κ2) is 5.85. The van der Waals surface area contributed by atoms with Gasteiger partial charge in [-0.05, 0) is 49.4 Å². The summed E-state index contributed by atoms with van der Waals surface area (Å²) < 4.78 is 1.07. The maximum Gasteiger partial charge on any atom is 0.223 e. The number of hydrogen-bond donors (Lipinski definition) is 2. The molecule has 1 aromatic rings. The third kappa shape index (κ3) is 3.33. The van der Waals surface area contributed by atoms with Crippen molar-refractivity contribution in [1.29, 1.82) is 0 Å². The van der Waals surface area contributed by atoms with E-state index in [4.69, 9.17) is 5.73 Å². The normalized spacial score (nSPS) is 23.1. The highest BCUT2D eigenvalue weighted by atomic mass is 79.9. The zero-order valence-corrected chi connectivity index (χ0v) is 12.2. The van der Waals surface area contributed by atoms with Gasteiger partial charge in [-0.25, -0.2) is 0 Å². The Morgan fingerprint density at radius 1 is 1.50 bits per heavy atom. The molecule has 1 amide bonds. The van der Waals surface area contributed by atoms with E-state index in [1.165, 1.54) is 5.56 Å². The SMILES string of the molecule is Cc1cc(Br)ccc1CNC(=O)C1CCC(N)C1. The lowest BCUT2D eigenvalue weighted by molar-refractivity contribution is -0.125. The van der Waals surface area contributed by atoms with Crippen LogP contribution in [0.5, 0.6) is 0 Å². The Morgan fingerprint density at radius 3 is 2.89 bits per heavy atom. The molecule has 2 unspecified atom stereocenters. The molecule has 98 valence electrons. The number of carbonyl (C=O) groups excluding carboxylic acids is 1. The quantitative estimate of drug-likeness (QED) is 0.901. The molecule has 4 heteroatoms. The molecule has 2 rings (SSSR count). The Balaban J connectivity index is 1.89. The minimum atomic E-state index is 0.107. The number of rotatable bonds is 3. The second-order valence-corrected chi connectivity index (χ2v) is 5.97. The summed E-state index contributed by atoms with van der Waals surface area (Å²) >= 11 is 3.44. The third-order valence-corrected chi connectivity index (χ3v) is 4.09. The predicted octanol–water partition coefficient (Wildman–Crippen LogP) is 2.50. The zero-order chi connectivity index (χ0) is 13.1. The van der Waals surface area contributed by atoms with Crippen molar-refractivity contribution in [2.75, 3.05) is 0 Å². The van der Waals surface area contributed by atoms with Gasteiger partial charge in [0.15, 0.2) is 0 Å². The zero-order valence-electron chi connectivity index (χ0n) is 10.6. The standard InChI is InChI=1S/C14H19BrN2O/c1-9-6-12(15)4-2-11(9)8-17-14(18)10-3-5-13(16)7-10/h2,4,6,10,13H,3,5,7-8,16H2,1H3,(H,17,18). The molecule has 18 heavy (non-hydrogen) atoms. The molecule has 3 N–H and O–H groups in total. The first kappa shape index (κ1) is 13.6. The van der Waals surface area contributed by atoms with Crippen LogP contribution >= 0.6 is 15.9 Å². The highest BCUT2D eigenvalue weighted by Crippen LogP contribution is 2.24. The maximum absolute atomic E-state index is 12.0. The first-order valence-electron chi connectivity index (χ1n) is 6.34. The van der Waals surface area contributed by atoms with Gasteiger partial charge in [0.05, 0.1) is 0 Å². The number of benzene rings is 1. The summed E-state index contributed by atoms with van der Waals surface area (Å²) in [6, 6.07) is 6.31. The summed E-state index contributed by atoms with van der Waals surface area (Å²) in [6.45, 7) is 2.65. The number of aryl methyl sites for hydroxylation is 1. The van der Waals surface area contributed by atoms with E-state index in [0.717, 1.165) is 29.3 Å². The number of nitrogens with two attached hydrogens (primary N) is 1. The van der Waals surface area contributed by atoms with E-state index >= 15 is 0 Å². The molecular weight excluding hydrogens is 292 g/mol. The number of nitrogens with one attached hydrogen (secondary N) is 1. The summed E-state index contributed by atoms with van der Waals surface area (Å²) in [5, 5.41) is 3.01. The van der Waals surface area contributed by atoms with Crippen LogP contribution in [-0.4, -0.2) is 11.9 Å². The van der Waals surface area contributed by atoms with Crippen LogP contribution < -0.4 is 11.1 Å². The minimum absolute atomic E-state index is 0.107. The Hall–Kier alpha value is -0.870. The van der Waals surface area contributed by atoms with Crippen molar-refractivity contribution < 1.29 is 4.79 Å². The molecule has 3 nitrogen and oxygen atoms in total. The molecule has 1 fully saturated rings. The molecule has 0 aromatic heterocycles. The Morgan fingerprint density at radius 2 is 2.28 bits per heavy atom. The van der Waals surface area contributed by atoms with E-state index in [1.807, 2.05) is 12.1 Å². The van der Waals surface area contributed by atoms with Crippen molar-refractivity contribution in [3.05, 3.63) is 33.8 Å². The lowest BCUT2D eigenvalue weighted by Crippen LogP contribution is -2.30. The molecule has 0 aliphatic heterocycles. The van der Waals surface area contributed by atoms with E-state index in [0.29, 0.717) is 6.54 Å². The summed E-state index contributed by atoms with van der Waals surface area (Å²) in [6.07, 6.45) is 2.72.